The summed E-state index contributed by atoms with van der Waals surface area (Å²) in [5.41, 5.74) is 0.341. The molecule has 2 heterocycles. The van der Waals surface area contributed by atoms with Gasteiger partial charge in [0.05, 0.1) is 6.04 Å². The lowest BCUT2D eigenvalue weighted by Crippen LogP contribution is -2.14. The number of aromatic amines is 1. The molecule has 0 aliphatic carbocycles. The molecule has 2 N–H and O–H groups in total. The number of benzene rings is 1. The maximum Gasteiger partial charge on any atom is 0.181 e. The predicted molar refractivity (Wildman–Crippen MR) is 61.7 cm³/mol. The summed E-state index contributed by atoms with van der Waals surface area (Å²) >= 11 is 0. The fraction of sp³-hybridized carbons (Fsp3) is 0.333. The van der Waals surface area contributed by atoms with Crippen molar-refractivity contribution in [1.82, 2.24) is 20.5 Å². The van der Waals surface area contributed by atoms with Gasteiger partial charge in [-0.25, -0.2) is 13.8 Å². The molecule has 0 radical (unpaired) electrons. The SMILES string of the molecule is Fc1cc(F)cc(-c2n[nH]c(C3CCCN3)n2)c1. The van der Waals surface area contributed by atoms with Crippen molar-refractivity contribution in [2.45, 2.75) is 18.9 Å². The van der Waals surface area contributed by atoms with Crippen LogP contribution in [0.15, 0.2) is 18.2 Å². The average Bonchev–Trinajstić information content (AvgIpc) is 2.99. The van der Waals surface area contributed by atoms with Crippen LogP contribution in [0, 0.1) is 11.6 Å². The summed E-state index contributed by atoms with van der Waals surface area (Å²) in [5, 5.41) is 10.1. The molecule has 0 bridgehead atoms. The van der Waals surface area contributed by atoms with Gasteiger partial charge < -0.3 is 5.32 Å². The van der Waals surface area contributed by atoms with Crippen LogP contribution in [0.1, 0.15) is 24.7 Å². The second-order valence-electron chi connectivity index (χ2n) is 4.35. The predicted octanol–water partition coefficient (Wildman–Crippen LogP) is 2.17. The minimum absolute atomic E-state index is 0.157. The zero-order valence-corrected chi connectivity index (χ0v) is 9.58. The van der Waals surface area contributed by atoms with E-state index >= 15 is 0 Å². The summed E-state index contributed by atoms with van der Waals surface area (Å²) in [6.45, 7) is 0.954. The molecular formula is C12H12F2N4. The van der Waals surface area contributed by atoms with Gasteiger partial charge in [0, 0.05) is 11.6 Å². The van der Waals surface area contributed by atoms with E-state index in [1.165, 1.54) is 12.1 Å². The number of halogens is 2. The Labute approximate surface area is 102 Å². The molecule has 1 atom stereocenters. The van der Waals surface area contributed by atoms with Gasteiger partial charge >= 0.3 is 0 Å². The first-order valence-corrected chi connectivity index (χ1v) is 5.84. The third-order valence-electron chi connectivity index (χ3n) is 3.01. The van der Waals surface area contributed by atoms with Crippen LogP contribution < -0.4 is 5.32 Å². The van der Waals surface area contributed by atoms with Gasteiger partial charge in [-0.2, -0.15) is 5.10 Å². The van der Waals surface area contributed by atoms with Crippen LogP contribution in [-0.2, 0) is 0 Å². The molecule has 18 heavy (non-hydrogen) atoms. The highest BCUT2D eigenvalue weighted by molar-refractivity contribution is 5.54. The molecule has 1 unspecified atom stereocenters. The Morgan fingerprint density at radius 1 is 1.17 bits per heavy atom. The van der Waals surface area contributed by atoms with E-state index in [1.807, 2.05) is 0 Å². The van der Waals surface area contributed by atoms with E-state index in [0.717, 1.165) is 25.5 Å². The quantitative estimate of drug-likeness (QED) is 0.858. The molecule has 2 aromatic rings. The molecular weight excluding hydrogens is 238 g/mol. The molecule has 4 nitrogen and oxygen atoms in total. The number of nitrogens with one attached hydrogen (secondary N) is 2. The Morgan fingerprint density at radius 2 is 1.94 bits per heavy atom. The van der Waals surface area contributed by atoms with Crippen LogP contribution in [0.25, 0.3) is 11.4 Å². The van der Waals surface area contributed by atoms with Crippen LogP contribution >= 0.6 is 0 Å². The molecule has 1 aromatic heterocycles. The second kappa shape index (κ2) is 4.45. The van der Waals surface area contributed by atoms with E-state index in [-0.39, 0.29) is 6.04 Å². The Balaban J connectivity index is 1.92. The van der Waals surface area contributed by atoms with Gasteiger partial charge in [0.25, 0.3) is 0 Å². The summed E-state index contributed by atoms with van der Waals surface area (Å²) in [5.74, 6) is -0.227. The third kappa shape index (κ3) is 2.11. The monoisotopic (exact) mass is 250 g/mol. The molecule has 3 rings (SSSR count). The molecule has 1 saturated heterocycles. The lowest BCUT2D eigenvalue weighted by molar-refractivity contribution is 0.584. The normalized spacial score (nSPS) is 19.3. The fourth-order valence-corrected chi connectivity index (χ4v) is 2.16. The lowest BCUT2D eigenvalue weighted by Gasteiger charge is -2.03. The topological polar surface area (TPSA) is 53.6 Å². The maximum absolute atomic E-state index is 13.1. The Morgan fingerprint density at radius 3 is 2.61 bits per heavy atom. The number of aromatic nitrogens is 3. The zero-order chi connectivity index (χ0) is 12.5. The Bertz CT molecular complexity index is 541. The van der Waals surface area contributed by atoms with Gasteiger partial charge in [-0.1, -0.05) is 0 Å². The highest BCUT2D eigenvalue weighted by Gasteiger charge is 2.20. The summed E-state index contributed by atoms with van der Waals surface area (Å²) < 4.78 is 26.2. The lowest BCUT2D eigenvalue weighted by atomic mass is 10.2. The zero-order valence-electron chi connectivity index (χ0n) is 9.58. The van der Waals surface area contributed by atoms with Gasteiger partial charge in [-0.3, -0.25) is 5.10 Å². The van der Waals surface area contributed by atoms with Crippen molar-refractivity contribution in [3.63, 3.8) is 0 Å². The van der Waals surface area contributed by atoms with Crippen LogP contribution in [0.2, 0.25) is 0 Å². The van der Waals surface area contributed by atoms with Gasteiger partial charge in [0.15, 0.2) is 5.82 Å². The van der Waals surface area contributed by atoms with Gasteiger partial charge in [-0.15, -0.1) is 0 Å². The summed E-state index contributed by atoms with van der Waals surface area (Å²) in [7, 11) is 0. The maximum atomic E-state index is 13.1. The highest BCUT2D eigenvalue weighted by atomic mass is 19.1. The Kier molecular flexibility index (Phi) is 2.79. The number of hydrogen-bond donors (Lipinski definition) is 2. The van der Waals surface area contributed by atoms with Gasteiger partial charge in [0.1, 0.15) is 17.5 Å². The standard InChI is InChI=1S/C12H12F2N4/c13-8-4-7(5-9(14)6-8)11-16-12(18-17-11)10-2-1-3-15-10/h4-6,10,15H,1-3H2,(H,16,17,18). The molecule has 0 saturated carbocycles. The third-order valence-corrected chi connectivity index (χ3v) is 3.01. The molecule has 0 spiro atoms. The first-order chi connectivity index (χ1) is 8.72. The number of nitrogens with zero attached hydrogens (tertiary/aromatic N) is 2. The molecule has 6 heteroatoms. The highest BCUT2D eigenvalue weighted by Crippen LogP contribution is 2.23. The minimum Gasteiger partial charge on any atom is -0.307 e. The number of H-pyrrole nitrogens is 1. The van der Waals surface area contributed by atoms with Crippen molar-refractivity contribution in [3.05, 3.63) is 35.7 Å². The van der Waals surface area contributed by atoms with Crippen LogP contribution in [0.3, 0.4) is 0 Å². The second-order valence-corrected chi connectivity index (χ2v) is 4.35. The Hall–Kier alpha value is -1.82. The van der Waals surface area contributed by atoms with Crippen molar-refractivity contribution in [1.29, 1.82) is 0 Å². The molecule has 0 amide bonds. The van der Waals surface area contributed by atoms with Crippen LogP contribution in [0.4, 0.5) is 8.78 Å². The van der Waals surface area contributed by atoms with Crippen LogP contribution in [0.5, 0.6) is 0 Å². The first kappa shape index (κ1) is 11.3. The molecule has 1 aliphatic heterocycles. The summed E-state index contributed by atoms with van der Waals surface area (Å²) in [6.07, 6.45) is 2.08. The fourth-order valence-electron chi connectivity index (χ4n) is 2.16. The van der Waals surface area contributed by atoms with E-state index in [9.17, 15) is 8.78 Å². The van der Waals surface area contributed by atoms with E-state index in [4.69, 9.17) is 0 Å². The minimum atomic E-state index is -0.629. The summed E-state index contributed by atoms with van der Waals surface area (Å²) in [6, 6.07) is 3.43. The van der Waals surface area contributed by atoms with Crippen molar-refractivity contribution in [2.75, 3.05) is 6.54 Å². The molecule has 1 fully saturated rings. The van der Waals surface area contributed by atoms with E-state index in [1.54, 1.807) is 0 Å². The first-order valence-electron chi connectivity index (χ1n) is 5.84. The smallest absolute Gasteiger partial charge is 0.181 e. The van der Waals surface area contributed by atoms with Crippen molar-refractivity contribution in [2.24, 2.45) is 0 Å². The molecule has 1 aromatic carbocycles. The summed E-state index contributed by atoms with van der Waals surface area (Å²) in [4.78, 5) is 4.28. The van der Waals surface area contributed by atoms with E-state index in [2.05, 4.69) is 20.5 Å². The molecule has 1 aliphatic rings. The van der Waals surface area contributed by atoms with Crippen molar-refractivity contribution < 1.29 is 8.78 Å². The number of rotatable bonds is 2. The number of hydrogen-bond acceptors (Lipinski definition) is 3. The van der Waals surface area contributed by atoms with Gasteiger partial charge in [-0.05, 0) is 31.5 Å². The van der Waals surface area contributed by atoms with E-state index in [0.29, 0.717) is 17.2 Å². The largest absolute Gasteiger partial charge is 0.307 e. The van der Waals surface area contributed by atoms with Crippen molar-refractivity contribution >= 4 is 0 Å². The van der Waals surface area contributed by atoms with E-state index < -0.39 is 11.6 Å². The van der Waals surface area contributed by atoms with Gasteiger partial charge in [0.2, 0.25) is 0 Å². The average molecular weight is 250 g/mol. The molecule has 94 valence electrons. The van der Waals surface area contributed by atoms with Crippen LogP contribution in [-0.4, -0.2) is 21.7 Å². The van der Waals surface area contributed by atoms with Crippen molar-refractivity contribution in [3.8, 4) is 11.4 Å².